The molecule has 76 valence electrons. The molecule has 0 unspecified atom stereocenters. The van der Waals surface area contributed by atoms with Crippen molar-refractivity contribution in [2.45, 2.75) is 11.3 Å². The molecule has 1 aromatic carbocycles. The number of hydrogen-bond acceptors (Lipinski definition) is 2. The molecular formula is C10H10BrFOS. The first kappa shape index (κ1) is 11.7. The van der Waals surface area contributed by atoms with Crippen molar-refractivity contribution in [1.29, 1.82) is 0 Å². The highest BCUT2D eigenvalue weighted by molar-refractivity contribution is 9.09. The number of hydrogen-bond donors (Lipinski definition) is 0. The van der Waals surface area contributed by atoms with Gasteiger partial charge in [-0.25, -0.2) is 4.39 Å². The molecule has 0 N–H and O–H groups in total. The largest absolute Gasteiger partial charge is 0.298 e. The van der Waals surface area contributed by atoms with E-state index in [4.69, 9.17) is 0 Å². The van der Waals surface area contributed by atoms with Crippen LogP contribution in [0.15, 0.2) is 23.1 Å². The second-order valence-corrected chi connectivity index (χ2v) is 4.19. The molecule has 1 nitrogen and oxygen atoms in total. The Bertz CT molecular complexity index is 341. The number of rotatable bonds is 4. The average Bonchev–Trinajstić information content (AvgIpc) is 2.21. The van der Waals surface area contributed by atoms with Crippen LogP contribution in [-0.2, 0) is 11.2 Å². The van der Waals surface area contributed by atoms with E-state index >= 15 is 0 Å². The minimum atomic E-state index is -0.269. The quantitative estimate of drug-likeness (QED) is 0.621. The number of carbonyl (C=O) groups is 1. The lowest BCUT2D eigenvalue weighted by molar-refractivity contribution is -0.115. The molecule has 1 rings (SSSR count). The highest BCUT2D eigenvalue weighted by atomic mass is 79.9. The van der Waals surface area contributed by atoms with Crippen LogP contribution >= 0.6 is 27.7 Å². The lowest BCUT2D eigenvalue weighted by Crippen LogP contribution is -2.05. The summed E-state index contributed by atoms with van der Waals surface area (Å²) in [6, 6.07) is 5.13. The van der Waals surface area contributed by atoms with Gasteiger partial charge in [-0.3, -0.25) is 4.79 Å². The summed E-state index contributed by atoms with van der Waals surface area (Å²) in [4.78, 5) is 11.7. The smallest absolute Gasteiger partial charge is 0.147 e. The number of carbonyl (C=O) groups excluding carboxylic acids is 1. The van der Waals surface area contributed by atoms with Crippen LogP contribution in [0.3, 0.4) is 0 Å². The Hall–Kier alpha value is -0.350. The van der Waals surface area contributed by atoms with Gasteiger partial charge in [-0.1, -0.05) is 28.1 Å². The Labute approximate surface area is 95.2 Å². The van der Waals surface area contributed by atoms with Gasteiger partial charge < -0.3 is 0 Å². The van der Waals surface area contributed by atoms with Crippen molar-refractivity contribution in [2.75, 3.05) is 11.6 Å². The summed E-state index contributed by atoms with van der Waals surface area (Å²) in [6.07, 6.45) is 1.97. The molecule has 0 heterocycles. The van der Waals surface area contributed by atoms with Crippen LogP contribution in [0.4, 0.5) is 4.39 Å². The molecule has 0 amide bonds. The molecule has 0 saturated heterocycles. The Kier molecular flexibility index (Phi) is 4.62. The lowest BCUT2D eigenvalue weighted by Gasteiger charge is -2.04. The SMILES string of the molecule is CSc1cccc(CC(=O)CBr)c1F. The molecule has 1 aromatic rings. The van der Waals surface area contributed by atoms with Gasteiger partial charge in [0.15, 0.2) is 0 Å². The average molecular weight is 277 g/mol. The standard InChI is InChI=1S/C10H10BrFOS/c1-14-9-4-2-3-7(10(9)12)5-8(13)6-11/h2-4H,5-6H2,1H3. The first-order valence-electron chi connectivity index (χ1n) is 4.08. The van der Waals surface area contributed by atoms with Crippen LogP contribution in [-0.4, -0.2) is 17.4 Å². The van der Waals surface area contributed by atoms with Crippen LogP contribution in [0.25, 0.3) is 0 Å². The maximum Gasteiger partial charge on any atom is 0.147 e. The number of alkyl halides is 1. The van der Waals surface area contributed by atoms with Crippen LogP contribution in [0, 0.1) is 5.82 Å². The predicted octanol–water partition coefficient (Wildman–Crippen LogP) is 3.05. The fourth-order valence-electron chi connectivity index (χ4n) is 1.11. The summed E-state index contributed by atoms with van der Waals surface area (Å²) in [5.74, 6) is -0.281. The molecule has 4 heteroatoms. The molecule has 0 aliphatic carbocycles. The van der Waals surface area contributed by atoms with Gasteiger partial charge >= 0.3 is 0 Å². The third-order valence-corrected chi connectivity index (χ3v) is 3.18. The van der Waals surface area contributed by atoms with Crippen LogP contribution in [0.2, 0.25) is 0 Å². The molecule has 0 radical (unpaired) electrons. The minimum absolute atomic E-state index is 0.0119. The van der Waals surface area contributed by atoms with Crippen molar-refractivity contribution >= 4 is 33.5 Å². The van der Waals surface area contributed by atoms with E-state index in [1.165, 1.54) is 11.8 Å². The second-order valence-electron chi connectivity index (χ2n) is 2.78. The van der Waals surface area contributed by atoms with Gasteiger partial charge in [0.1, 0.15) is 11.6 Å². The Morgan fingerprint density at radius 2 is 2.29 bits per heavy atom. The molecule has 0 spiro atoms. The van der Waals surface area contributed by atoms with Crippen molar-refractivity contribution in [1.82, 2.24) is 0 Å². The van der Waals surface area contributed by atoms with E-state index in [9.17, 15) is 9.18 Å². The number of benzene rings is 1. The van der Waals surface area contributed by atoms with Gasteiger partial charge in [0.2, 0.25) is 0 Å². The zero-order valence-corrected chi connectivity index (χ0v) is 10.1. The Morgan fingerprint density at radius 1 is 1.57 bits per heavy atom. The number of thioether (sulfide) groups is 1. The van der Waals surface area contributed by atoms with Crippen LogP contribution < -0.4 is 0 Å². The molecule has 0 bridgehead atoms. The van der Waals surface area contributed by atoms with E-state index in [1.807, 2.05) is 6.26 Å². The lowest BCUT2D eigenvalue weighted by atomic mass is 10.1. The molecule has 0 fully saturated rings. The summed E-state index contributed by atoms with van der Waals surface area (Å²) in [7, 11) is 0. The number of halogens is 2. The van der Waals surface area contributed by atoms with E-state index < -0.39 is 0 Å². The van der Waals surface area contributed by atoms with Crippen LogP contribution in [0.5, 0.6) is 0 Å². The zero-order valence-electron chi connectivity index (χ0n) is 7.72. The molecule has 0 atom stereocenters. The van der Waals surface area contributed by atoms with Gasteiger partial charge in [-0.05, 0) is 17.9 Å². The highest BCUT2D eigenvalue weighted by Gasteiger charge is 2.09. The van der Waals surface area contributed by atoms with E-state index in [0.717, 1.165) is 0 Å². The van der Waals surface area contributed by atoms with E-state index in [-0.39, 0.29) is 23.4 Å². The van der Waals surface area contributed by atoms with Gasteiger partial charge in [0.25, 0.3) is 0 Å². The van der Waals surface area contributed by atoms with Crippen molar-refractivity contribution in [3.8, 4) is 0 Å². The first-order chi connectivity index (χ1) is 6.69. The molecule has 14 heavy (non-hydrogen) atoms. The zero-order chi connectivity index (χ0) is 10.6. The fourth-order valence-corrected chi connectivity index (χ4v) is 1.83. The van der Waals surface area contributed by atoms with Gasteiger partial charge in [-0.15, -0.1) is 11.8 Å². The van der Waals surface area contributed by atoms with Crippen molar-refractivity contribution in [3.63, 3.8) is 0 Å². The third-order valence-electron chi connectivity index (χ3n) is 1.80. The summed E-state index contributed by atoms with van der Waals surface area (Å²) >= 11 is 4.40. The van der Waals surface area contributed by atoms with Gasteiger partial charge in [0.05, 0.1) is 5.33 Å². The third kappa shape index (κ3) is 2.82. The van der Waals surface area contributed by atoms with E-state index in [2.05, 4.69) is 15.9 Å². The second kappa shape index (κ2) is 5.51. The van der Waals surface area contributed by atoms with E-state index in [0.29, 0.717) is 10.5 Å². The Morgan fingerprint density at radius 3 is 2.86 bits per heavy atom. The molecule has 0 aliphatic heterocycles. The topological polar surface area (TPSA) is 17.1 Å². The molecule has 0 aliphatic rings. The Balaban J connectivity index is 2.92. The molecule has 0 aromatic heterocycles. The minimum Gasteiger partial charge on any atom is -0.298 e. The number of Topliss-reactive ketones (excluding diaryl/α,β-unsaturated/α-hetero) is 1. The molecule has 0 saturated carbocycles. The maximum absolute atomic E-state index is 13.6. The van der Waals surface area contributed by atoms with Crippen LogP contribution in [0.1, 0.15) is 5.56 Å². The summed E-state index contributed by atoms with van der Waals surface area (Å²) in [5, 5.41) is 0.274. The normalized spacial score (nSPS) is 10.2. The van der Waals surface area contributed by atoms with Crippen molar-refractivity contribution in [3.05, 3.63) is 29.6 Å². The summed E-state index contributed by atoms with van der Waals surface area (Å²) < 4.78 is 13.6. The van der Waals surface area contributed by atoms with E-state index in [1.54, 1.807) is 18.2 Å². The highest BCUT2D eigenvalue weighted by Crippen LogP contribution is 2.22. The van der Waals surface area contributed by atoms with Crippen molar-refractivity contribution < 1.29 is 9.18 Å². The summed E-state index contributed by atoms with van der Waals surface area (Å²) in [5.41, 5.74) is 0.473. The maximum atomic E-state index is 13.6. The predicted molar refractivity (Wildman–Crippen MR) is 60.7 cm³/mol. The summed E-state index contributed by atoms with van der Waals surface area (Å²) in [6.45, 7) is 0. The fraction of sp³-hybridized carbons (Fsp3) is 0.300. The first-order valence-corrected chi connectivity index (χ1v) is 6.42. The number of ketones is 1. The van der Waals surface area contributed by atoms with Crippen molar-refractivity contribution in [2.24, 2.45) is 0 Å². The monoisotopic (exact) mass is 276 g/mol. The molecular weight excluding hydrogens is 267 g/mol. The van der Waals surface area contributed by atoms with Gasteiger partial charge in [-0.2, -0.15) is 0 Å². The van der Waals surface area contributed by atoms with Gasteiger partial charge in [0, 0.05) is 11.3 Å².